The summed E-state index contributed by atoms with van der Waals surface area (Å²) in [6, 6.07) is 0. The molecule has 0 aliphatic rings. The van der Waals surface area contributed by atoms with Gasteiger partial charge in [-0.1, -0.05) is 111 Å². The summed E-state index contributed by atoms with van der Waals surface area (Å²) in [6.45, 7) is 31.3. The molecule has 0 saturated carbocycles. The molecule has 0 aliphatic carbocycles. The van der Waals surface area contributed by atoms with E-state index in [2.05, 4.69) is 0 Å². The molecule has 0 heterocycles. The Morgan fingerprint density at radius 2 is 0.321 bits per heavy atom. The number of aliphatic carboxylic acids is 6. The predicted octanol–water partition coefficient (Wildman–Crippen LogP) is 10.1. The van der Waals surface area contributed by atoms with E-state index < -0.39 is 35.8 Å². The Morgan fingerprint density at radius 3 is 0.359 bits per heavy atom. The molecule has 456 valence electrons. The molecule has 0 unspecified atom stereocenters. The third kappa shape index (κ3) is 70.2. The van der Waals surface area contributed by atoms with Crippen LogP contribution in [-0.2, 0) is 101 Å². The average Bonchev–Trinajstić information content (AvgIpc) is 3.31. The molecule has 0 rings (SSSR count). The van der Waals surface area contributed by atoms with Crippen molar-refractivity contribution in [1.29, 1.82) is 0 Å². The topological polar surface area (TPSA) is 367 Å². The van der Waals surface area contributed by atoms with Crippen LogP contribution in [0.4, 0.5) is 0 Å². The van der Waals surface area contributed by atoms with Crippen molar-refractivity contribution < 1.29 is 142 Å². The van der Waals surface area contributed by atoms with Crippen molar-refractivity contribution in [3.05, 3.63) is 0 Å². The number of carbonyl (C=O) groups is 12. The number of rotatable bonds is 32. The molecule has 0 saturated heterocycles. The van der Waals surface area contributed by atoms with E-state index in [1.165, 1.54) is 0 Å². The average molecular weight is 1190 g/mol. The van der Waals surface area contributed by atoms with Gasteiger partial charge in [0.05, 0.1) is 0 Å². The van der Waals surface area contributed by atoms with Crippen molar-refractivity contribution in [2.45, 2.75) is 226 Å². The van der Waals surface area contributed by atoms with Crippen LogP contribution >= 0.6 is 0 Å². The van der Waals surface area contributed by atoms with Gasteiger partial charge in [0.25, 0.3) is 0 Å². The van der Waals surface area contributed by atoms with E-state index in [9.17, 15) is 57.5 Å². The molecule has 0 spiro atoms. The molecule has 0 bridgehead atoms. The molecule has 0 radical (unpaired) electrons. The van der Waals surface area contributed by atoms with Gasteiger partial charge in [-0.2, -0.15) is 0 Å². The number of hydrogen-bond donors (Lipinski definition) is 8. The van der Waals surface area contributed by atoms with Crippen molar-refractivity contribution in [2.75, 3.05) is 13.2 Å². The van der Waals surface area contributed by atoms with Gasteiger partial charge in [0.2, 0.25) is 0 Å². The molecule has 22 heteroatoms. The Bertz CT molecular complexity index is 1300. The summed E-state index contributed by atoms with van der Waals surface area (Å²) in [5, 5.41) is 66.1. The van der Waals surface area contributed by atoms with Gasteiger partial charge in [-0.25, -0.2) is 0 Å². The third-order valence-electron chi connectivity index (χ3n) is 11.3. The number of carboxylic acid groups (broad SMARTS) is 6. The first kappa shape index (κ1) is 96.5. The molecule has 0 atom stereocenters. The second-order valence-electron chi connectivity index (χ2n) is 18.5. The SMILES string of the molecule is CC(C)CO.CC(C)CO.CCC(CC)C(=O)CC(=O)O.CCC(CC)C(=O)CC(=O)O.CCC(CC)C(=O)CC(=O)O.CCC(CC)C(=O)CC(=O)O.CCC(CC)C(=O)CC(=O)O.CCC(CC)C(=O)CC(=O)O.[Ti].[Ti]. The quantitative estimate of drug-likeness (QED) is 0.0229. The predicted molar refractivity (Wildman–Crippen MR) is 292 cm³/mol. The van der Waals surface area contributed by atoms with E-state index in [1.54, 1.807) is 0 Å². The van der Waals surface area contributed by atoms with Crippen LogP contribution < -0.4 is 0 Å². The van der Waals surface area contributed by atoms with Gasteiger partial charge in [-0.05, 0) is 88.9 Å². The molecule has 0 fully saturated rings. The van der Waals surface area contributed by atoms with E-state index in [0.717, 1.165) is 77.0 Å². The first-order valence-electron chi connectivity index (χ1n) is 26.9. The summed E-state index contributed by atoms with van der Waals surface area (Å²) in [5.74, 6) is -6.56. The van der Waals surface area contributed by atoms with Crippen molar-refractivity contribution in [1.82, 2.24) is 0 Å². The van der Waals surface area contributed by atoms with Crippen LogP contribution in [0.5, 0.6) is 0 Å². The second kappa shape index (κ2) is 65.7. The zero-order valence-electron chi connectivity index (χ0n) is 50.2. The van der Waals surface area contributed by atoms with Crippen molar-refractivity contribution >= 4 is 70.5 Å². The Kier molecular flexibility index (Phi) is 81.2. The number of aliphatic hydroxyl groups is 2. The zero-order valence-corrected chi connectivity index (χ0v) is 53.4. The zero-order chi connectivity index (χ0) is 61.7. The van der Waals surface area contributed by atoms with Crippen LogP contribution in [0.1, 0.15) is 226 Å². The summed E-state index contributed by atoms with van der Waals surface area (Å²) in [5.41, 5.74) is 0. The Balaban J connectivity index is -0.0000000854. The van der Waals surface area contributed by atoms with Crippen molar-refractivity contribution in [2.24, 2.45) is 47.3 Å². The normalized spacial score (nSPS) is 9.77. The third-order valence-corrected chi connectivity index (χ3v) is 11.3. The molecule has 8 N–H and O–H groups in total. The molecule has 0 aliphatic heterocycles. The molecule has 0 aromatic carbocycles. The van der Waals surface area contributed by atoms with Crippen LogP contribution in [-0.4, -0.2) is 125 Å². The first-order chi connectivity index (χ1) is 35.2. The summed E-state index contributed by atoms with van der Waals surface area (Å²) < 4.78 is 0. The molecule has 0 aromatic rings. The van der Waals surface area contributed by atoms with Gasteiger partial charge in [0, 0.05) is 92.2 Å². The van der Waals surface area contributed by atoms with Crippen LogP contribution in [0, 0.1) is 47.3 Å². The maximum Gasteiger partial charge on any atom is 0.310 e. The minimum Gasteiger partial charge on any atom is -0.481 e. The van der Waals surface area contributed by atoms with Gasteiger partial charge >= 0.3 is 35.8 Å². The van der Waals surface area contributed by atoms with Gasteiger partial charge < -0.3 is 40.9 Å². The molecular formula is C56H104O20Ti2. The minimum absolute atomic E-state index is 0. The van der Waals surface area contributed by atoms with E-state index in [0.29, 0.717) is 25.0 Å². The maximum absolute atomic E-state index is 11.0. The molecule has 0 amide bonds. The number of aliphatic hydroxyl groups excluding tert-OH is 2. The minimum atomic E-state index is -1.03. The number of carboxylic acids is 6. The summed E-state index contributed by atoms with van der Waals surface area (Å²) >= 11 is 0. The van der Waals surface area contributed by atoms with E-state index >= 15 is 0 Å². The van der Waals surface area contributed by atoms with Gasteiger partial charge in [0.1, 0.15) is 73.2 Å². The smallest absolute Gasteiger partial charge is 0.310 e. The second-order valence-corrected chi connectivity index (χ2v) is 18.5. The number of ketones is 6. The summed E-state index contributed by atoms with van der Waals surface area (Å²) in [7, 11) is 0. The molecule has 20 nitrogen and oxygen atoms in total. The summed E-state index contributed by atoms with van der Waals surface area (Å²) in [4.78, 5) is 127. The Morgan fingerprint density at radius 1 is 0.244 bits per heavy atom. The number of carbonyl (C=O) groups excluding carboxylic acids is 6. The maximum atomic E-state index is 11.0. The van der Waals surface area contributed by atoms with Crippen LogP contribution in [0.2, 0.25) is 0 Å². The number of Topliss-reactive ketones (excluding diaryl/α,β-unsaturated/α-hetero) is 6. The van der Waals surface area contributed by atoms with Crippen molar-refractivity contribution in [3.8, 4) is 0 Å². The van der Waals surface area contributed by atoms with E-state index in [-0.39, 0.29) is 152 Å². The van der Waals surface area contributed by atoms with Gasteiger partial charge in [-0.3, -0.25) is 57.5 Å². The number of hydrogen-bond acceptors (Lipinski definition) is 14. The Labute approximate surface area is 496 Å². The van der Waals surface area contributed by atoms with E-state index in [1.807, 2.05) is 111 Å². The van der Waals surface area contributed by atoms with Gasteiger partial charge in [0.15, 0.2) is 0 Å². The fourth-order valence-corrected chi connectivity index (χ4v) is 6.22. The van der Waals surface area contributed by atoms with Crippen LogP contribution in [0.3, 0.4) is 0 Å². The van der Waals surface area contributed by atoms with E-state index in [4.69, 9.17) is 40.9 Å². The largest absolute Gasteiger partial charge is 0.481 e. The van der Waals surface area contributed by atoms with Crippen molar-refractivity contribution in [3.63, 3.8) is 0 Å². The monoisotopic (exact) mass is 1190 g/mol. The fraction of sp³-hybridized carbons (Fsp3) is 0.786. The molecule has 78 heavy (non-hydrogen) atoms. The van der Waals surface area contributed by atoms with Crippen LogP contribution in [0.15, 0.2) is 0 Å². The summed E-state index contributed by atoms with van der Waals surface area (Å²) in [6.07, 6.45) is 6.90. The molecule has 0 aromatic heterocycles. The molecular weight excluding hydrogens is 1090 g/mol. The standard InChI is InChI=1S/6C8H14O3.2C4H10O.2Ti/c6*1-3-6(4-2)7(9)5-8(10)11;2*1-4(2)3-5;;/h6*6H,3-5H2,1-2H3,(H,10,11);2*4-5H,3H2,1-2H3;;. The Hall–Kier alpha value is -3.81. The first-order valence-corrected chi connectivity index (χ1v) is 26.9. The van der Waals surface area contributed by atoms with Crippen LogP contribution in [0.25, 0.3) is 0 Å². The fourth-order valence-electron chi connectivity index (χ4n) is 6.22. The van der Waals surface area contributed by atoms with Gasteiger partial charge in [-0.15, -0.1) is 0 Å².